The molecule has 3 rings (SSSR count). The van der Waals surface area contributed by atoms with Crippen molar-refractivity contribution in [3.8, 4) is 11.1 Å². The van der Waals surface area contributed by atoms with Crippen molar-refractivity contribution in [2.45, 2.75) is 39.2 Å². The van der Waals surface area contributed by atoms with Crippen molar-refractivity contribution in [1.82, 2.24) is 19.9 Å². The van der Waals surface area contributed by atoms with Gasteiger partial charge in [-0.05, 0) is 37.0 Å². The van der Waals surface area contributed by atoms with E-state index >= 15 is 0 Å². The molecular weight excluding hydrogens is 350 g/mol. The Morgan fingerprint density at radius 3 is 2.58 bits per heavy atom. The fraction of sp³-hybridized carbons (Fsp3) is 0.474. The lowest BCUT2D eigenvalue weighted by atomic mass is 10.1. The van der Waals surface area contributed by atoms with Gasteiger partial charge >= 0.3 is 0 Å². The summed E-state index contributed by atoms with van der Waals surface area (Å²) in [7, 11) is 1.84. The number of hydrogen-bond donors (Lipinski definition) is 0. The number of nitrogens with zero attached hydrogens (tertiary/aromatic N) is 5. The third-order valence-corrected chi connectivity index (χ3v) is 4.51. The summed E-state index contributed by atoms with van der Waals surface area (Å²) in [4.78, 5) is 29.6. The lowest BCUT2D eigenvalue weighted by molar-refractivity contribution is -0.130. The fourth-order valence-corrected chi connectivity index (χ4v) is 3.09. The van der Waals surface area contributed by atoms with Crippen LogP contribution >= 0.6 is 12.4 Å². The van der Waals surface area contributed by atoms with Gasteiger partial charge in [0.2, 0.25) is 11.9 Å². The zero-order valence-electron chi connectivity index (χ0n) is 15.4. The van der Waals surface area contributed by atoms with Crippen LogP contribution in [0.3, 0.4) is 0 Å². The predicted molar refractivity (Wildman–Crippen MR) is 105 cm³/mol. The molecule has 0 aliphatic carbocycles. The topological polar surface area (TPSA) is 62.2 Å². The molecule has 1 aliphatic rings. The molecule has 3 heterocycles. The standard InChI is InChI=1S/C19H25N5O.ClH/c1-3-6-18(25)23(2)14-17-16(15-7-9-20-10-8-15)13-21-19(22-17)24-11-4-5-12-24;/h7-10,13H,3-6,11-12,14H2,1-2H3;1H. The van der Waals surface area contributed by atoms with E-state index in [2.05, 4.69) is 14.9 Å². The highest BCUT2D eigenvalue weighted by Crippen LogP contribution is 2.25. The van der Waals surface area contributed by atoms with Crippen LogP contribution in [0.15, 0.2) is 30.7 Å². The molecule has 0 atom stereocenters. The number of aromatic nitrogens is 3. The van der Waals surface area contributed by atoms with E-state index in [4.69, 9.17) is 4.98 Å². The Hall–Kier alpha value is -2.21. The molecule has 7 heteroatoms. The molecule has 2 aromatic rings. The third-order valence-electron chi connectivity index (χ3n) is 4.51. The Kier molecular flexibility index (Phi) is 7.33. The van der Waals surface area contributed by atoms with Gasteiger partial charge in [0.15, 0.2) is 0 Å². The van der Waals surface area contributed by atoms with Crippen molar-refractivity contribution in [1.29, 1.82) is 0 Å². The maximum atomic E-state index is 12.2. The maximum Gasteiger partial charge on any atom is 0.225 e. The first-order valence-electron chi connectivity index (χ1n) is 8.94. The van der Waals surface area contributed by atoms with Gasteiger partial charge in [0.25, 0.3) is 0 Å². The number of pyridine rings is 1. The van der Waals surface area contributed by atoms with Gasteiger partial charge in [-0.3, -0.25) is 9.78 Å². The largest absolute Gasteiger partial charge is 0.341 e. The molecule has 2 aromatic heterocycles. The van der Waals surface area contributed by atoms with Crippen LogP contribution in [-0.4, -0.2) is 45.9 Å². The predicted octanol–water partition coefficient (Wildman–Crippen LogP) is 3.32. The van der Waals surface area contributed by atoms with Gasteiger partial charge in [-0.2, -0.15) is 0 Å². The van der Waals surface area contributed by atoms with E-state index in [-0.39, 0.29) is 18.3 Å². The monoisotopic (exact) mass is 375 g/mol. The second-order valence-electron chi connectivity index (χ2n) is 6.46. The number of anilines is 1. The van der Waals surface area contributed by atoms with Gasteiger partial charge in [0, 0.05) is 50.7 Å². The van der Waals surface area contributed by atoms with E-state index in [1.807, 2.05) is 32.3 Å². The Morgan fingerprint density at radius 2 is 1.92 bits per heavy atom. The molecule has 1 amide bonds. The van der Waals surface area contributed by atoms with Crippen LogP contribution in [0.4, 0.5) is 5.95 Å². The molecule has 1 fully saturated rings. The minimum atomic E-state index is 0. The Morgan fingerprint density at radius 1 is 1.23 bits per heavy atom. The van der Waals surface area contributed by atoms with Crippen LogP contribution in [0.2, 0.25) is 0 Å². The number of carbonyl (C=O) groups excluding carboxylic acids is 1. The van der Waals surface area contributed by atoms with E-state index in [1.54, 1.807) is 17.3 Å². The van der Waals surface area contributed by atoms with Crippen molar-refractivity contribution in [3.63, 3.8) is 0 Å². The van der Waals surface area contributed by atoms with Gasteiger partial charge in [-0.25, -0.2) is 9.97 Å². The summed E-state index contributed by atoms with van der Waals surface area (Å²) in [5, 5.41) is 0. The van der Waals surface area contributed by atoms with Crippen LogP contribution in [0.25, 0.3) is 11.1 Å². The minimum absolute atomic E-state index is 0. The van der Waals surface area contributed by atoms with E-state index in [1.165, 1.54) is 12.8 Å². The van der Waals surface area contributed by atoms with Crippen molar-refractivity contribution >= 4 is 24.3 Å². The first-order chi connectivity index (χ1) is 12.2. The quantitative estimate of drug-likeness (QED) is 0.775. The summed E-state index contributed by atoms with van der Waals surface area (Å²) in [5.74, 6) is 0.908. The van der Waals surface area contributed by atoms with Crippen LogP contribution in [0.1, 0.15) is 38.3 Å². The van der Waals surface area contributed by atoms with E-state index < -0.39 is 0 Å². The van der Waals surface area contributed by atoms with Crippen LogP contribution in [-0.2, 0) is 11.3 Å². The summed E-state index contributed by atoms with van der Waals surface area (Å²) < 4.78 is 0. The first kappa shape index (κ1) is 20.1. The molecule has 140 valence electrons. The van der Waals surface area contributed by atoms with Crippen LogP contribution < -0.4 is 4.90 Å². The summed E-state index contributed by atoms with van der Waals surface area (Å²) in [6.45, 7) is 4.50. The Labute approximate surface area is 161 Å². The summed E-state index contributed by atoms with van der Waals surface area (Å²) in [6.07, 6.45) is 9.18. The molecular formula is C19H26ClN5O. The zero-order valence-corrected chi connectivity index (χ0v) is 16.2. The molecule has 6 nitrogen and oxygen atoms in total. The highest BCUT2D eigenvalue weighted by atomic mass is 35.5. The van der Waals surface area contributed by atoms with Gasteiger partial charge in [0.1, 0.15) is 0 Å². The molecule has 0 unspecified atom stereocenters. The molecule has 0 bridgehead atoms. The lowest BCUT2D eigenvalue weighted by Crippen LogP contribution is -2.27. The minimum Gasteiger partial charge on any atom is -0.341 e. The van der Waals surface area contributed by atoms with E-state index in [0.29, 0.717) is 13.0 Å². The molecule has 26 heavy (non-hydrogen) atoms. The molecule has 0 aromatic carbocycles. The number of halogens is 1. The second kappa shape index (κ2) is 9.48. The van der Waals surface area contributed by atoms with Gasteiger partial charge in [-0.15, -0.1) is 12.4 Å². The van der Waals surface area contributed by atoms with Gasteiger partial charge in [0.05, 0.1) is 12.2 Å². The molecule has 1 saturated heterocycles. The smallest absolute Gasteiger partial charge is 0.225 e. The van der Waals surface area contributed by atoms with Crippen molar-refractivity contribution in [3.05, 3.63) is 36.4 Å². The number of rotatable bonds is 6. The van der Waals surface area contributed by atoms with Crippen LogP contribution in [0, 0.1) is 0 Å². The summed E-state index contributed by atoms with van der Waals surface area (Å²) in [5.41, 5.74) is 2.87. The fourth-order valence-electron chi connectivity index (χ4n) is 3.09. The first-order valence-corrected chi connectivity index (χ1v) is 8.94. The van der Waals surface area contributed by atoms with Crippen molar-refractivity contribution in [2.75, 3.05) is 25.0 Å². The van der Waals surface area contributed by atoms with Gasteiger partial charge < -0.3 is 9.80 Å². The number of amides is 1. The summed E-state index contributed by atoms with van der Waals surface area (Å²) in [6, 6.07) is 3.90. The normalized spacial score (nSPS) is 13.4. The van der Waals surface area contributed by atoms with Crippen molar-refractivity contribution in [2.24, 2.45) is 0 Å². The Balaban J connectivity index is 0.00000243. The van der Waals surface area contributed by atoms with Crippen molar-refractivity contribution < 1.29 is 4.79 Å². The highest BCUT2D eigenvalue weighted by molar-refractivity contribution is 5.85. The molecule has 0 saturated carbocycles. The van der Waals surface area contributed by atoms with Crippen LogP contribution in [0.5, 0.6) is 0 Å². The number of carbonyl (C=O) groups is 1. The molecule has 0 N–H and O–H groups in total. The molecule has 1 aliphatic heterocycles. The third kappa shape index (κ3) is 4.69. The molecule has 0 radical (unpaired) electrons. The average molecular weight is 376 g/mol. The SMILES string of the molecule is CCCC(=O)N(C)Cc1nc(N2CCCC2)ncc1-c1ccncc1.Cl. The second-order valence-corrected chi connectivity index (χ2v) is 6.46. The summed E-state index contributed by atoms with van der Waals surface area (Å²) >= 11 is 0. The lowest BCUT2D eigenvalue weighted by Gasteiger charge is -2.21. The van der Waals surface area contributed by atoms with E-state index in [9.17, 15) is 4.79 Å². The highest BCUT2D eigenvalue weighted by Gasteiger charge is 2.19. The zero-order chi connectivity index (χ0) is 17.6. The average Bonchev–Trinajstić information content (AvgIpc) is 3.17. The maximum absolute atomic E-state index is 12.2. The molecule has 0 spiro atoms. The number of hydrogen-bond acceptors (Lipinski definition) is 5. The van der Waals surface area contributed by atoms with E-state index in [0.717, 1.165) is 42.3 Å². The van der Waals surface area contributed by atoms with Gasteiger partial charge in [-0.1, -0.05) is 6.92 Å². The Bertz CT molecular complexity index is 719.